The van der Waals surface area contributed by atoms with E-state index in [1.807, 2.05) is 0 Å². The molecule has 1 aliphatic heterocycles. The molecule has 1 aliphatic rings. The van der Waals surface area contributed by atoms with Crippen LogP contribution in [-0.4, -0.2) is 24.5 Å². The van der Waals surface area contributed by atoms with E-state index in [-0.39, 0.29) is 0 Å². The van der Waals surface area contributed by atoms with Gasteiger partial charge in [-0.05, 0) is 36.9 Å². The monoisotopic (exact) mass is 290 g/mol. The Morgan fingerprint density at radius 3 is 2.67 bits per heavy atom. The topological polar surface area (TPSA) is 28.4 Å². The molecule has 0 radical (unpaired) electrons. The van der Waals surface area contributed by atoms with Gasteiger partial charge in [-0.2, -0.15) is 0 Å². The normalized spacial score (nSPS) is 17.1. The van der Waals surface area contributed by atoms with E-state index in [0.717, 1.165) is 44.2 Å². The minimum Gasteiger partial charge on any atom is -0.463 e. The zero-order chi connectivity index (χ0) is 15.5. The zero-order valence-electron chi connectivity index (χ0n) is 14.3. The average Bonchev–Trinajstić information content (AvgIpc) is 2.76. The predicted molar refractivity (Wildman–Crippen MR) is 88.3 cm³/mol. The molecule has 0 saturated carbocycles. The van der Waals surface area contributed by atoms with Gasteiger partial charge in [0.15, 0.2) is 0 Å². The fourth-order valence-corrected chi connectivity index (χ4v) is 2.84. The van der Waals surface area contributed by atoms with Gasteiger partial charge in [-0.3, -0.25) is 4.90 Å². The third-order valence-corrected chi connectivity index (χ3v) is 4.24. The van der Waals surface area contributed by atoms with Crippen LogP contribution in [0.2, 0.25) is 0 Å². The van der Waals surface area contributed by atoms with Crippen LogP contribution in [0.25, 0.3) is 0 Å². The van der Waals surface area contributed by atoms with Crippen LogP contribution < -0.4 is 5.32 Å². The fourth-order valence-electron chi connectivity index (χ4n) is 2.84. The largest absolute Gasteiger partial charge is 0.463 e. The minimum absolute atomic E-state index is 0.312. The van der Waals surface area contributed by atoms with Crippen molar-refractivity contribution >= 4 is 0 Å². The van der Waals surface area contributed by atoms with Gasteiger partial charge < -0.3 is 9.73 Å². The lowest BCUT2D eigenvalue weighted by molar-refractivity contribution is 0.247. The zero-order valence-corrected chi connectivity index (χ0v) is 14.3. The Balaban J connectivity index is 1.93. The van der Waals surface area contributed by atoms with E-state index in [0.29, 0.717) is 5.41 Å². The summed E-state index contributed by atoms with van der Waals surface area (Å²) < 4.78 is 5.99. The Morgan fingerprint density at radius 2 is 2.10 bits per heavy atom. The summed E-state index contributed by atoms with van der Waals surface area (Å²) in [6.07, 6.45) is 3.58. The lowest BCUT2D eigenvalue weighted by Crippen LogP contribution is -2.30. The van der Waals surface area contributed by atoms with E-state index < -0.39 is 0 Å². The summed E-state index contributed by atoms with van der Waals surface area (Å²) >= 11 is 0. The number of nitrogens with zero attached hydrogens (tertiary/aromatic N) is 1. The summed E-state index contributed by atoms with van der Waals surface area (Å²) in [6, 6.07) is 2.19. The van der Waals surface area contributed by atoms with E-state index in [1.165, 1.54) is 12.0 Å². The van der Waals surface area contributed by atoms with Crippen molar-refractivity contribution < 1.29 is 4.42 Å². The Hall–Kier alpha value is -1.06. The predicted octanol–water partition coefficient (Wildman–Crippen LogP) is 3.88. The molecule has 0 atom stereocenters. The first kappa shape index (κ1) is 16.3. The molecule has 0 amide bonds. The van der Waals surface area contributed by atoms with Crippen LogP contribution in [0.3, 0.4) is 0 Å². The first-order valence-corrected chi connectivity index (χ1v) is 8.11. The number of hydrogen-bond acceptors (Lipinski definition) is 3. The third-order valence-electron chi connectivity index (χ3n) is 4.24. The molecule has 1 aromatic rings. The van der Waals surface area contributed by atoms with Crippen molar-refractivity contribution in [3.63, 3.8) is 0 Å². The molecule has 2 heterocycles. The molecule has 0 spiro atoms. The Labute approximate surface area is 129 Å². The van der Waals surface area contributed by atoms with Crippen LogP contribution in [-0.2, 0) is 13.1 Å². The highest BCUT2D eigenvalue weighted by Crippen LogP contribution is 2.30. The minimum atomic E-state index is 0.312. The molecule has 0 saturated heterocycles. The molecule has 1 aromatic heterocycles. The van der Waals surface area contributed by atoms with Crippen molar-refractivity contribution in [3.05, 3.63) is 34.8 Å². The van der Waals surface area contributed by atoms with Crippen molar-refractivity contribution in [2.45, 2.75) is 54.1 Å². The molecule has 0 aromatic carbocycles. The number of nitrogens with one attached hydrogen (secondary N) is 1. The van der Waals surface area contributed by atoms with Gasteiger partial charge in [0.05, 0.1) is 13.1 Å². The summed E-state index contributed by atoms with van der Waals surface area (Å²) in [5, 5.41) is 3.33. The molecule has 0 fully saturated rings. The Morgan fingerprint density at radius 1 is 1.33 bits per heavy atom. The van der Waals surface area contributed by atoms with Crippen LogP contribution in [0.4, 0.5) is 0 Å². The highest BCUT2D eigenvalue weighted by Gasteiger charge is 2.22. The molecule has 0 bridgehead atoms. The maximum absolute atomic E-state index is 5.99. The van der Waals surface area contributed by atoms with Crippen molar-refractivity contribution in [2.24, 2.45) is 5.41 Å². The number of aryl methyl sites for hydroxylation is 1. The maximum atomic E-state index is 5.99. The van der Waals surface area contributed by atoms with Gasteiger partial charge in [0, 0.05) is 13.1 Å². The number of furan rings is 1. The molecule has 2 rings (SSSR count). The van der Waals surface area contributed by atoms with Crippen LogP contribution in [0.15, 0.2) is 22.1 Å². The quantitative estimate of drug-likeness (QED) is 0.834. The SMILES string of the molecule is CCNCc1oc(CN2CC=C(C(C)(C)C)CC2)cc1C. The molecule has 1 N–H and O–H groups in total. The first-order valence-electron chi connectivity index (χ1n) is 8.11. The van der Waals surface area contributed by atoms with E-state index in [2.05, 4.69) is 57.0 Å². The second kappa shape index (κ2) is 6.80. The maximum Gasteiger partial charge on any atom is 0.120 e. The van der Waals surface area contributed by atoms with Gasteiger partial charge in [0.25, 0.3) is 0 Å². The summed E-state index contributed by atoms with van der Waals surface area (Å²) in [7, 11) is 0. The van der Waals surface area contributed by atoms with E-state index >= 15 is 0 Å². The molecule has 0 unspecified atom stereocenters. The number of rotatable bonds is 5. The standard InChI is InChI=1S/C18H30N2O/c1-6-19-12-17-14(2)11-16(21-17)13-20-9-7-15(8-10-20)18(3,4)5/h7,11,19H,6,8-10,12-13H2,1-5H3. The number of hydrogen-bond donors (Lipinski definition) is 1. The summed E-state index contributed by atoms with van der Waals surface area (Å²) in [5.41, 5.74) is 3.16. The summed E-state index contributed by atoms with van der Waals surface area (Å²) in [6.45, 7) is 16.0. The third kappa shape index (κ3) is 4.45. The van der Waals surface area contributed by atoms with E-state index in [9.17, 15) is 0 Å². The van der Waals surface area contributed by atoms with Gasteiger partial charge in [0.2, 0.25) is 0 Å². The Bertz CT molecular complexity index is 494. The average molecular weight is 290 g/mol. The van der Waals surface area contributed by atoms with Crippen molar-refractivity contribution in [1.29, 1.82) is 0 Å². The van der Waals surface area contributed by atoms with Crippen molar-refractivity contribution in [3.8, 4) is 0 Å². The van der Waals surface area contributed by atoms with Crippen molar-refractivity contribution in [1.82, 2.24) is 10.2 Å². The Kier molecular flexibility index (Phi) is 5.28. The van der Waals surface area contributed by atoms with E-state index in [4.69, 9.17) is 4.42 Å². The van der Waals surface area contributed by atoms with Crippen LogP contribution in [0.5, 0.6) is 0 Å². The first-order chi connectivity index (χ1) is 9.90. The van der Waals surface area contributed by atoms with Crippen LogP contribution in [0.1, 0.15) is 51.2 Å². The van der Waals surface area contributed by atoms with Gasteiger partial charge in [-0.15, -0.1) is 0 Å². The molecule has 3 heteroatoms. The van der Waals surface area contributed by atoms with E-state index in [1.54, 1.807) is 5.57 Å². The van der Waals surface area contributed by atoms with Crippen LogP contribution >= 0.6 is 0 Å². The van der Waals surface area contributed by atoms with Gasteiger partial charge >= 0.3 is 0 Å². The molecule has 21 heavy (non-hydrogen) atoms. The van der Waals surface area contributed by atoms with Crippen LogP contribution in [0, 0.1) is 12.3 Å². The molecule has 0 aliphatic carbocycles. The smallest absolute Gasteiger partial charge is 0.120 e. The van der Waals surface area contributed by atoms with Gasteiger partial charge in [-0.25, -0.2) is 0 Å². The fraction of sp³-hybridized carbons (Fsp3) is 0.667. The molecular weight excluding hydrogens is 260 g/mol. The lowest BCUT2D eigenvalue weighted by atomic mass is 9.83. The second-order valence-corrected chi connectivity index (χ2v) is 7.06. The summed E-state index contributed by atoms with van der Waals surface area (Å²) in [5.74, 6) is 2.17. The molecule has 3 nitrogen and oxygen atoms in total. The van der Waals surface area contributed by atoms with Crippen molar-refractivity contribution in [2.75, 3.05) is 19.6 Å². The highest BCUT2D eigenvalue weighted by atomic mass is 16.3. The summed E-state index contributed by atoms with van der Waals surface area (Å²) in [4.78, 5) is 2.46. The highest BCUT2D eigenvalue weighted by molar-refractivity contribution is 5.21. The van der Waals surface area contributed by atoms with Gasteiger partial charge in [-0.1, -0.05) is 39.3 Å². The molecular formula is C18H30N2O. The second-order valence-electron chi connectivity index (χ2n) is 7.06. The van der Waals surface area contributed by atoms with Gasteiger partial charge in [0.1, 0.15) is 11.5 Å². The molecule has 118 valence electrons. The lowest BCUT2D eigenvalue weighted by Gasteiger charge is -2.31.